The Kier molecular flexibility index (Phi) is 6.35. The number of amides is 1. The Labute approximate surface area is 161 Å². The van der Waals surface area contributed by atoms with Gasteiger partial charge >= 0.3 is 0 Å². The first-order valence-electron chi connectivity index (χ1n) is 8.91. The molecular weight excluding hydrogens is 346 g/mol. The Morgan fingerprint density at radius 1 is 1.08 bits per heavy atom. The molecule has 0 radical (unpaired) electrons. The molecule has 0 saturated carbocycles. The highest BCUT2D eigenvalue weighted by Gasteiger charge is 2.19. The van der Waals surface area contributed by atoms with Crippen LogP contribution in [0.15, 0.2) is 42.5 Å². The lowest BCUT2D eigenvalue weighted by Crippen LogP contribution is -2.37. The molecule has 0 fully saturated rings. The van der Waals surface area contributed by atoms with E-state index >= 15 is 0 Å². The predicted octanol–water partition coefficient (Wildman–Crippen LogP) is 5.59. The summed E-state index contributed by atoms with van der Waals surface area (Å²) in [6.45, 7) is 12.2. The summed E-state index contributed by atoms with van der Waals surface area (Å²) in [4.78, 5) is 12.4. The van der Waals surface area contributed by atoms with E-state index in [1.807, 2.05) is 19.9 Å². The van der Waals surface area contributed by atoms with E-state index < -0.39 is 6.10 Å². The molecule has 2 aromatic carbocycles. The normalized spacial score (nSPS) is 13.8. The third kappa shape index (κ3) is 5.25. The molecule has 140 valence electrons. The summed E-state index contributed by atoms with van der Waals surface area (Å²) in [5.74, 6) is 0.488. The van der Waals surface area contributed by atoms with E-state index in [0.717, 1.165) is 11.1 Å². The van der Waals surface area contributed by atoms with Crippen molar-refractivity contribution in [2.24, 2.45) is 0 Å². The standard InChI is InChI=1S/C22H28ClNO2/c1-14-13-19(11-12-20(14)23)26-16(3)21(25)24-15(2)17-7-9-18(10-8-17)22(4,5)6/h7-13,15-16H,1-6H3,(H,24,25)/t15-,16+/m0/s1. The van der Waals surface area contributed by atoms with Crippen LogP contribution in [-0.2, 0) is 10.2 Å². The second-order valence-corrected chi connectivity index (χ2v) is 8.18. The minimum absolute atomic E-state index is 0.0884. The van der Waals surface area contributed by atoms with Crippen LogP contribution in [0.1, 0.15) is 57.4 Å². The van der Waals surface area contributed by atoms with E-state index in [0.29, 0.717) is 10.8 Å². The lowest BCUT2D eigenvalue weighted by Gasteiger charge is -2.22. The van der Waals surface area contributed by atoms with Gasteiger partial charge in [0.25, 0.3) is 5.91 Å². The van der Waals surface area contributed by atoms with E-state index in [-0.39, 0.29) is 17.4 Å². The average molecular weight is 374 g/mol. The average Bonchev–Trinajstić information content (AvgIpc) is 2.57. The molecule has 1 amide bonds. The Morgan fingerprint density at radius 2 is 1.69 bits per heavy atom. The van der Waals surface area contributed by atoms with Crippen molar-refractivity contribution in [3.8, 4) is 5.75 Å². The summed E-state index contributed by atoms with van der Waals surface area (Å²) in [6.07, 6.45) is -0.591. The van der Waals surface area contributed by atoms with Gasteiger partial charge in [-0.2, -0.15) is 0 Å². The molecular formula is C22H28ClNO2. The molecule has 0 heterocycles. The number of carbonyl (C=O) groups is 1. The molecule has 0 aliphatic rings. The zero-order chi connectivity index (χ0) is 19.5. The molecule has 26 heavy (non-hydrogen) atoms. The summed E-state index contributed by atoms with van der Waals surface area (Å²) >= 11 is 6.02. The molecule has 0 bridgehead atoms. The van der Waals surface area contributed by atoms with Crippen molar-refractivity contribution in [1.82, 2.24) is 5.32 Å². The first kappa shape index (κ1) is 20.3. The van der Waals surface area contributed by atoms with Crippen molar-refractivity contribution in [2.75, 3.05) is 0 Å². The molecule has 4 heteroatoms. The number of aryl methyl sites for hydroxylation is 1. The van der Waals surface area contributed by atoms with E-state index in [9.17, 15) is 4.79 Å². The second kappa shape index (κ2) is 8.13. The Morgan fingerprint density at radius 3 is 2.23 bits per heavy atom. The smallest absolute Gasteiger partial charge is 0.261 e. The van der Waals surface area contributed by atoms with Crippen molar-refractivity contribution >= 4 is 17.5 Å². The highest BCUT2D eigenvalue weighted by atomic mass is 35.5. The Bertz CT molecular complexity index is 763. The fraction of sp³-hybridized carbons (Fsp3) is 0.409. The number of hydrogen-bond acceptors (Lipinski definition) is 2. The molecule has 0 spiro atoms. The monoisotopic (exact) mass is 373 g/mol. The molecule has 3 nitrogen and oxygen atoms in total. The van der Waals surface area contributed by atoms with Gasteiger partial charge in [0.15, 0.2) is 6.10 Å². The van der Waals surface area contributed by atoms with Gasteiger partial charge in [0, 0.05) is 5.02 Å². The zero-order valence-corrected chi connectivity index (χ0v) is 17.1. The van der Waals surface area contributed by atoms with Gasteiger partial charge in [0.1, 0.15) is 5.75 Å². The summed E-state index contributed by atoms with van der Waals surface area (Å²) in [6, 6.07) is 13.7. The fourth-order valence-corrected chi connectivity index (χ4v) is 2.75. The van der Waals surface area contributed by atoms with Crippen LogP contribution >= 0.6 is 11.6 Å². The van der Waals surface area contributed by atoms with E-state index in [1.54, 1.807) is 19.1 Å². The molecule has 0 unspecified atom stereocenters. The first-order chi connectivity index (χ1) is 12.1. The maximum Gasteiger partial charge on any atom is 0.261 e. The minimum Gasteiger partial charge on any atom is -0.481 e. The van der Waals surface area contributed by atoms with Crippen molar-refractivity contribution < 1.29 is 9.53 Å². The van der Waals surface area contributed by atoms with Crippen LogP contribution < -0.4 is 10.1 Å². The minimum atomic E-state index is -0.591. The van der Waals surface area contributed by atoms with Crippen LogP contribution in [0.3, 0.4) is 0 Å². The van der Waals surface area contributed by atoms with Crippen LogP contribution in [0.2, 0.25) is 5.02 Å². The van der Waals surface area contributed by atoms with Gasteiger partial charge in [-0.05, 0) is 61.1 Å². The van der Waals surface area contributed by atoms with Crippen LogP contribution in [0.5, 0.6) is 5.75 Å². The fourth-order valence-electron chi connectivity index (χ4n) is 2.63. The van der Waals surface area contributed by atoms with Crippen LogP contribution in [-0.4, -0.2) is 12.0 Å². The van der Waals surface area contributed by atoms with E-state index in [1.165, 1.54) is 5.56 Å². The third-order valence-corrected chi connectivity index (χ3v) is 4.87. The number of hydrogen-bond donors (Lipinski definition) is 1. The van der Waals surface area contributed by atoms with Gasteiger partial charge in [-0.1, -0.05) is 56.6 Å². The lowest BCUT2D eigenvalue weighted by molar-refractivity contribution is -0.127. The summed E-state index contributed by atoms with van der Waals surface area (Å²) in [5, 5.41) is 3.69. The number of ether oxygens (including phenoxy) is 1. The highest BCUT2D eigenvalue weighted by Crippen LogP contribution is 2.24. The summed E-state index contributed by atoms with van der Waals surface area (Å²) < 4.78 is 5.74. The van der Waals surface area contributed by atoms with Gasteiger partial charge in [-0.15, -0.1) is 0 Å². The third-order valence-electron chi connectivity index (χ3n) is 4.45. The largest absolute Gasteiger partial charge is 0.481 e. The molecule has 2 rings (SSSR count). The topological polar surface area (TPSA) is 38.3 Å². The molecule has 2 aromatic rings. The lowest BCUT2D eigenvalue weighted by atomic mass is 9.86. The number of nitrogens with one attached hydrogen (secondary N) is 1. The molecule has 2 atom stereocenters. The summed E-state index contributed by atoms with van der Waals surface area (Å²) in [5.41, 5.74) is 3.38. The molecule has 0 aliphatic carbocycles. The predicted molar refractivity (Wildman–Crippen MR) is 108 cm³/mol. The number of carbonyl (C=O) groups excluding carboxylic acids is 1. The number of benzene rings is 2. The molecule has 0 aliphatic heterocycles. The van der Waals surface area contributed by atoms with Gasteiger partial charge in [-0.3, -0.25) is 4.79 Å². The molecule has 0 saturated heterocycles. The Balaban J connectivity index is 1.98. The zero-order valence-electron chi connectivity index (χ0n) is 16.4. The van der Waals surface area contributed by atoms with Gasteiger partial charge in [0.2, 0.25) is 0 Å². The van der Waals surface area contributed by atoms with Crippen molar-refractivity contribution in [3.63, 3.8) is 0 Å². The SMILES string of the molecule is Cc1cc(O[C@H](C)C(=O)N[C@@H](C)c2ccc(C(C)(C)C)cc2)ccc1Cl. The van der Waals surface area contributed by atoms with Crippen LogP contribution in [0, 0.1) is 6.92 Å². The van der Waals surface area contributed by atoms with Crippen LogP contribution in [0.4, 0.5) is 0 Å². The first-order valence-corrected chi connectivity index (χ1v) is 9.29. The number of rotatable bonds is 5. The maximum atomic E-state index is 12.4. The Hall–Kier alpha value is -2.00. The maximum absolute atomic E-state index is 12.4. The second-order valence-electron chi connectivity index (χ2n) is 7.77. The molecule has 1 N–H and O–H groups in total. The van der Waals surface area contributed by atoms with Gasteiger partial charge < -0.3 is 10.1 Å². The molecule has 0 aromatic heterocycles. The van der Waals surface area contributed by atoms with E-state index in [2.05, 4.69) is 50.4 Å². The quantitative estimate of drug-likeness (QED) is 0.741. The highest BCUT2D eigenvalue weighted by molar-refractivity contribution is 6.31. The number of halogens is 1. The van der Waals surface area contributed by atoms with Crippen LogP contribution in [0.25, 0.3) is 0 Å². The van der Waals surface area contributed by atoms with Crippen molar-refractivity contribution in [1.29, 1.82) is 0 Å². The summed E-state index contributed by atoms with van der Waals surface area (Å²) in [7, 11) is 0. The van der Waals surface area contributed by atoms with E-state index in [4.69, 9.17) is 16.3 Å². The van der Waals surface area contributed by atoms with Gasteiger partial charge in [0.05, 0.1) is 6.04 Å². The van der Waals surface area contributed by atoms with Crippen molar-refractivity contribution in [3.05, 3.63) is 64.2 Å². The van der Waals surface area contributed by atoms with Crippen molar-refractivity contribution in [2.45, 2.75) is 59.1 Å². The van der Waals surface area contributed by atoms with Gasteiger partial charge in [-0.25, -0.2) is 0 Å².